The van der Waals surface area contributed by atoms with Crippen LogP contribution in [0.5, 0.6) is 0 Å². The Balaban J connectivity index is 1.75. The van der Waals surface area contributed by atoms with Gasteiger partial charge in [0.05, 0.1) is 11.3 Å². The lowest BCUT2D eigenvalue weighted by molar-refractivity contribution is -0.348. The number of carboxylic acids is 1. The first-order valence-electron chi connectivity index (χ1n) is 10.7. The molecule has 2 rings (SSSR count). The molecule has 8 heteroatoms. The van der Waals surface area contributed by atoms with Crippen LogP contribution in [0.3, 0.4) is 0 Å². The van der Waals surface area contributed by atoms with Crippen LogP contribution in [0.2, 0.25) is 0 Å². The maximum atomic E-state index is 11.5. The first-order chi connectivity index (χ1) is 14.8. The molecule has 1 aliphatic rings. The number of benzene rings is 1. The molecule has 0 saturated carbocycles. The third kappa shape index (κ3) is 7.24. The maximum absolute atomic E-state index is 11.5. The lowest BCUT2D eigenvalue weighted by Gasteiger charge is -2.34. The van der Waals surface area contributed by atoms with Gasteiger partial charge in [0.15, 0.2) is 0 Å². The van der Waals surface area contributed by atoms with Gasteiger partial charge >= 0.3 is 11.8 Å². The number of piperidine rings is 1. The number of aromatic carboxylic acids is 1. The minimum Gasteiger partial charge on any atom is -0.478 e. The van der Waals surface area contributed by atoms with Gasteiger partial charge in [-0.25, -0.2) is 4.79 Å². The van der Waals surface area contributed by atoms with E-state index in [2.05, 4.69) is 21.8 Å². The molecule has 31 heavy (non-hydrogen) atoms. The molecule has 8 nitrogen and oxygen atoms in total. The predicted octanol–water partition coefficient (Wildman–Crippen LogP) is 4.39. The van der Waals surface area contributed by atoms with Crippen molar-refractivity contribution in [3.63, 3.8) is 0 Å². The van der Waals surface area contributed by atoms with Crippen LogP contribution in [0.4, 0.5) is 5.69 Å². The summed E-state index contributed by atoms with van der Waals surface area (Å²) in [5, 5.41) is 23.4. The molecule has 1 aliphatic heterocycles. The summed E-state index contributed by atoms with van der Waals surface area (Å²) in [5.74, 6) is -0.0393. The van der Waals surface area contributed by atoms with Crippen LogP contribution in [0.15, 0.2) is 47.7 Å². The average Bonchev–Trinajstić information content (AvgIpc) is 2.75. The quantitative estimate of drug-likeness (QED) is 0.188. The normalized spacial score (nSPS) is 15.6. The third-order valence-electron chi connectivity index (χ3n) is 5.56. The van der Waals surface area contributed by atoms with Crippen molar-refractivity contribution in [3.8, 4) is 0 Å². The second-order valence-corrected chi connectivity index (χ2v) is 7.78. The Morgan fingerprint density at radius 3 is 2.68 bits per heavy atom. The van der Waals surface area contributed by atoms with Crippen molar-refractivity contribution >= 4 is 17.5 Å². The monoisotopic (exact) mass is 428 g/mol. The van der Waals surface area contributed by atoms with Crippen molar-refractivity contribution in [2.24, 2.45) is 10.9 Å². The lowest BCUT2D eigenvalue weighted by Crippen LogP contribution is -2.34. The Morgan fingerprint density at radius 1 is 1.39 bits per heavy atom. The second kappa shape index (κ2) is 11.9. The number of allylic oxidation sites excluding steroid dienone is 1. The summed E-state index contributed by atoms with van der Waals surface area (Å²) in [6.07, 6.45) is 8.08. The topological polar surface area (TPSA) is 108 Å². The number of amidine groups is 1. The minimum absolute atomic E-state index is 0.271. The zero-order valence-corrected chi connectivity index (χ0v) is 18.3. The summed E-state index contributed by atoms with van der Waals surface area (Å²) in [6, 6.07) is 5.50. The summed E-state index contributed by atoms with van der Waals surface area (Å²) < 4.78 is 0. The number of carbonyl (C=O) groups is 1. The zero-order valence-electron chi connectivity index (χ0n) is 18.3. The van der Waals surface area contributed by atoms with Crippen molar-refractivity contribution in [2.45, 2.75) is 46.0 Å². The number of aryl methyl sites for hydroxylation is 1. The summed E-state index contributed by atoms with van der Waals surface area (Å²) in [4.78, 5) is 28.0. The SMILES string of the molecule is C=C/C(=N\C(=C/C)NCCCCC1CCN(c2cc(C)ccc2C(=O)O)CC1)[N+](=O)[O-]. The van der Waals surface area contributed by atoms with E-state index in [-0.39, 0.29) is 5.84 Å². The van der Waals surface area contributed by atoms with Crippen molar-refractivity contribution in [3.05, 3.63) is 64.0 Å². The molecule has 1 fully saturated rings. The van der Waals surface area contributed by atoms with Gasteiger partial charge in [0.1, 0.15) is 0 Å². The molecule has 0 bridgehead atoms. The molecule has 0 amide bonds. The van der Waals surface area contributed by atoms with Crippen LogP contribution in [-0.4, -0.2) is 41.5 Å². The smallest absolute Gasteiger partial charge is 0.365 e. The van der Waals surface area contributed by atoms with Gasteiger partial charge < -0.3 is 25.4 Å². The first kappa shape index (κ1) is 24.1. The van der Waals surface area contributed by atoms with Crippen molar-refractivity contribution in [1.82, 2.24) is 5.32 Å². The number of hydrogen-bond acceptors (Lipinski definition) is 6. The molecule has 1 aromatic carbocycles. The Labute approximate surface area is 183 Å². The molecule has 0 unspecified atom stereocenters. The highest BCUT2D eigenvalue weighted by atomic mass is 16.6. The highest BCUT2D eigenvalue weighted by Gasteiger charge is 2.22. The van der Waals surface area contributed by atoms with Crippen molar-refractivity contribution < 1.29 is 14.8 Å². The highest BCUT2D eigenvalue weighted by molar-refractivity contribution is 5.94. The van der Waals surface area contributed by atoms with Gasteiger partial charge in [-0.05, 0) is 72.7 Å². The van der Waals surface area contributed by atoms with Gasteiger partial charge in [-0.3, -0.25) is 0 Å². The van der Waals surface area contributed by atoms with Crippen LogP contribution in [0, 0.1) is 23.0 Å². The Hall–Kier alpha value is -3.16. The molecule has 0 spiro atoms. The molecule has 0 aromatic heterocycles. The molecule has 168 valence electrons. The van der Waals surface area contributed by atoms with Gasteiger partial charge in [-0.15, -0.1) is 0 Å². The molecule has 1 saturated heterocycles. The molecule has 1 aromatic rings. The van der Waals surface area contributed by atoms with Gasteiger partial charge in [0, 0.05) is 25.7 Å². The summed E-state index contributed by atoms with van der Waals surface area (Å²) in [7, 11) is 0. The van der Waals surface area contributed by atoms with E-state index in [0.717, 1.165) is 62.5 Å². The summed E-state index contributed by atoms with van der Waals surface area (Å²) >= 11 is 0. The first-order valence-corrected chi connectivity index (χ1v) is 10.7. The van der Waals surface area contributed by atoms with Crippen molar-refractivity contribution in [2.75, 3.05) is 24.5 Å². The van der Waals surface area contributed by atoms with Crippen LogP contribution in [0.1, 0.15) is 54.9 Å². The number of aliphatic imine (C=N–C) groups is 1. The number of nitro groups is 1. The zero-order chi connectivity index (χ0) is 22.8. The predicted molar refractivity (Wildman–Crippen MR) is 123 cm³/mol. The van der Waals surface area contributed by atoms with E-state index in [1.54, 1.807) is 19.1 Å². The Kier molecular flexibility index (Phi) is 9.24. The van der Waals surface area contributed by atoms with Gasteiger partial charge in [0.2, 0.25) is 5.82 Å². The van der Waals surface area contributed by atoms with Gasteiger partial charge in [-0.1, -0.05) is 25.5 Å². The largest absolute Gasteiger partial charge is 0.478 e. The third-order valence-corrected chi connectivity index (χ3v) is 5.56. The number of anilines is 1. The number of nitrogens with one attached hydrogen (secondary N) is 1. The molecular weight excluding hydrogens is 396 g/mol. The number of nitrogens with zero attached hydrogens (tertiary/aromatic N) is 3. The molecule has 1 heterocycles. The fraction of sp³-hybridized carbons (Fsp3) is 0.478. The molecule has 0 aliphatic carbocycles. The lowest BCUT2D eigenvalue weighted by atomic mass is 9.91. The van der Waals surface area contributed by atoms with E-state index in [1.165, 1.54) is 0 Å². The highest BCUT2D eigenvalue weighted by Crippen LogP contribution is 2.29. The van der Waals surface area contributed by atoms with E-state index in [4.69, 9.17) is 0 Å². The second-order valence-electron chi connectivity index (χ2n) is 7.78. The fourth-order valence-electron chi connectivity index (χ4n) is 3.81. The number of unbranched alkanes of at least 4 members (excludes halogenated alkanes) is 1. The fourth-order valence-corrected chi connectivity index (χ4v) is 3.81. The average molecular weight is 429 g/mol. The Morgan fingerprint density at radius 2 is 2.10 bits per heavy atom. The van der Waals surface area contributed by atoms with Crippen molar-refractivity contribution in [1.29, 1.82) is 0 Å². The number of rotatable bonds is 10. The summed E-state index contributed by atoms with van der Waals surface area (Å²) in [6.45, 7) is 9.62. The minimum atomic E-state index is -0.882. The Bertz CT molecular complexity index is 855. The van der Waals surface area contributed by atoms with Crippen LogP contribution < -0.4 is 10.2 Å². The van der Waals surface area contributed by atoms with Crippen LogP contribution in [0.25, 0.3) is 0 Å². The van der Waals surface area contributed by atoms with E-state index in [1.807, 2.05) is 19.1 Å². The van der Waals surface area contributed by atoms with E-state index in [0.29, 0.717) is 23.8 Å². The molecular formula is C23H32N4O4. The number of hydrogen-bond donors (Lipinski definition) is 2. The van der Waals surface area contributed by atoms with E-state index in [9.17, 15) is 20.0 Å². The summed E-state index contributed by atoms with van der Waals surface area (Å²) in [5.41, 5.74) is 2.26. The van der Waals surface area contributed by atoms with Crippen LogP contribution in [-0.2, 0) is 0 Å². The van der Waals surface area contributed by atoms with E-state index < -0.39 is 10.9 Å². The van der Waals surface area contributed by atoms with Gasteiger partial charge in [0.25, 0.3) is 0 Å². The number of carboxylic acid groups (broad SMARTS) is 1. The van der Waals surface area contributed by atoms with Gasteiger partial charge in [-0.2, -0.15) is 0 Å². The molecule has 2 N–H and O–H groups in total. The molecule has 0 atom stereocenters. The maximum Gasteiger partial charge on any atom is 0.365 e. The standard InChI is InChI=1S/C23H32N4O4/c1-4-21(25-22(5-2)27(30)31)24-13-7-6-8-18-11-14-26(15-12-18)20-16-17(3)9-10-19(20)23(28)29/h4-5,9-10,16,18,24H,2,6-8,11-15H2,1,3H3,(H,28,29)/b21-4-,25-22+. The van der Waals surface area contributed by atoms with E-state index >= 15 is 0 Å². The van der Waals surface area contributed by atoms with Crippen LogP contribution >= 0.6 is 0 Å². The molecule has 0 radical (unpaired) electrons.